The van der Waals surface area contributed by atoms with Crippen molar-refractivity contribution in [3.63, 3.8) is 0 Å². The number of benzene rings is 1. The number of amides is 2. The molecule has 0 fully saturated rings. The Labute approximate surface area is 140 Å². The van der Waals surface area contributed by atoms with E-state index in [0.717, 1.165) is 16.7 Å². The molecule has 0 aliphatic heterocycles. The Morgan fingerprint density at radius 3 is 2.58 bits per heavy atom. The molecule has 4 heteroatoms. The summed E-state index contributed by atoms with van der Waals surface area (Å²) in [5, 5.41) is 5.42. The number of nitrogens with one attached hydrogen (secondary N) is 2. The van der Waals surface area contributed by atoms with E-state index in [-0.39, 0.29) is 18.2 Å². The number of anilines is 1. The minimum atomic E-state index is -0.180. The lowest BCUT2D eigenvalue weighted by molar-refractivity contribution is -0.115. The smallest absolute Gasteiger partial charge is 0.251 e. The number of carbonyl (C=O) groups is 2. The molecule has 0 saturated heterocycles. The Morgan fingerprint density at radius 1 is 0.917 bits per heavy atom. The van der Waals surface area contributed by atoms with Crippen LogP contribution in [0.2, 0.25) is 0 Å². The standard InChI is InChI=1S/C20H18N2O2/c1-21-20(24)16-7-5-8-17(12-16)22-19(23)13-15-11-10-14-6-3-2-4-9-18(14)15/h2-12H,13H2,1H3,(H,21,24)(H,22,23). The summed E-state index contributed by atoms with van der Waals surface area (Å²) in [5.74, 6) is -0.288. The van der Waals surface area contributed by atoms with E-state index in [1.807, 2.05) is 42.5 Å². The third-order valence-electron chi connectivity index (χ3n) is 3.87. The van der Waals surface area contributed by atoms with Crippen molar-refractivity contribution >= 4 is 17.5 Å². The molecule has 0 spiro atoms. The second kappa shape index (κ2) is 6.96. The van der Waals surface area contributed by atoms with Crippen LogP contribution in [0.3, 0.4) is 0 Å². The lowest BCUT2D eigenvalue weighted by Gasteiger charge is -2.07. The number of fused-ring (bicyclic) bond motifs is 1. The zero-order chi connectivity index (χ0) is 16.9. The fourth-order valence-corrected chi connectivity index (χ4v) is 2.69. The molecule has 0 radical (unpaired) electrons. The zero-order valence-corrected chi connectivity index (χ0v) is 13.4. The van der Waals surface area contributed by atoms with Crippen molar-refractivity contribution in [2.45, 2.75) is 6.42 Å². The van der Waals surface area contributed by atoms with Crippen LogP contribution in [0.1, 0.15) is 15.9 Å². The summed E-state index contributed by atoms with van der Waals surface area (Å²) in [5.41, 5.74) is 4.31. The van der Waals surface area contributed by atoms with Crippen molar-refractivity contribution in [3.8, 4) is 11.1 Å². The summed E-state index contributed by atoms with van der Waals surface area (Å²) in [6.07, 6.45) is 0.289. The molecule has 2 N–H and O–H groups in total. The van der Waals surface area contributed by atoms with Gasteiger partial charge in [-0.25, -0.2) is 0 Å². The van der Waals surface area contributed by atoms with Crippen molar-refractivity contribution in [2.75, 3.05) is 12.4 Å². The van der Waals surface area contributed by atoms with Crippen LogP contribution in [0, 0.1) is 0 Å². The lowest BCUT2D eigenvalue weighted by Crippen LogP contribution is -2.19. The minimum absolute atomic E-state index is 0.108. The van der Waals surface area contributed by atoms with Crippen LogP contribution >= 0.6 is 0 Å². The molecule has 120 valence electrons. The highest BCUT2D eigenvalue weighted by atomic mass is 16.2. The van der Waals surface area contributed by atoms with Gasteiger partial charge in [-0.3, -0.25) is 9.59 Å². The van der Waals surface area contributed by atoms with E-state index in [0.29, 0.717) is 11.3 Å². The van der Waals surface area contributed by atoms with Gasteiger partial charge in [0.15, 0.2) is 0 Å². The Kier molecular flexibility index (Phi) is 4.57. The molecule has 2 aliphatic carbocycles. The Morgan fingerprint density at radius 2 is 1.75 bits per heavy atom. The molecule has 24 heavy (non-hydrogen) atoms. The van der Waals surface area contributed by atoms with Crippen LogP contribution in [-0.4, -0.2) is 18.9 Å². The molecule has 0 unspecified atom stereocenters. The average molecular weight is 318 g/mol. The van der Waals surface area contributed by atoms with E-state index in [2.05, 4.69) is 10.6 Å². The van der Waals surface area contributed by atoms with E-state index >= 15 is 0 Å². The van der Waals surface area contributed by atoms with Gasteiger partial charge in [-0.05, 0) is 34.9 Å². The monoisotopic (exact) mass is 318 g/mol. The third kappa shape index (κ3) is 3.43. The predicted molar refractivity (Wildman–Crippen MR) is 95.2 cm³/mol. The highest BCUT2D eigenvalue weighted by Crippen LogP contribution is 2.27. The molecule has 0 heterocycles. The number of hydrogen-bond donors (Lipinski definition) is 2. The summed E-state index contributed by atoms with van der Waals surface area (Å²) in [6.45, 7) is 0. The van der Waals surface area contributed by atoms with Crippen LogP contribution in [0.5, 0.6) is 0 Å². The fraction of sp³-hybridized carbons (Fsp3) is 0.100. The molecule has 1 aromatic rings. The average Bonchev–Trinajstić information content (AvgIpc) is 2.81. The van der Waals surface area contributed by atoms with Gasteiger partial charge in [0.25, 0.3) is 5.91 Å². The van der Waals surface area contributed by atoms with Gasteiger partial charge in [0, 0.05) is 18.3 Å². The highest BCUT2D eigenvalue weighted by Gasteiger charge is 2.12. The van der Waals surface area contributed by atoms with E-state index < -0.39 is 0 Å². The van der Waals surface area contributed by atoms with Crippen molar-refractivity contribution in [3.05, 3.63) is 77.9 Å². The minimum Gasteiger partial charge on any atom is -0.355 e. The first-order valence-electron chi connectivity index (χ1n) is 7.76. The Balaban J connectivity index is 1.73. The molecule has 0 saturated carbocycles. The quantitative estimate of drug-likeness (QED) is 0.775. The van der Waals surface area contributed by atoms with Crippen LogP contribution in [0.25, 0.3) is 11.1 Å². The van der Waals surface area contributed by atoms with Crippen molar-refractivity contribution in [2.24, 2.45) is 0 Å². The summed E-state index contributed by atoms with van der Waals surface area (Å²) < 4.78 is 0. The van der Waals surface area contributed by atoms with Gasteiger partial charge in [-0.15, -0.1) is 0 Å². The number of rotatable bonds is 4. The van der Waals surface area contributed by atoms with Gasteiger partial charge in [0.2, 0.25) is 5.91 Å². The van der Waals surface area contributed by atoms with E-state index in [9.17, 15) is 9.59 Å². The Hall–Kier alpha value is -3.14. The van der Waals surface area contributed by atoms with Crippen LogP contribution < -0.4 is 10.6 Å². The lowest BCUT2D eigenvalue weighted by atomic mass is 10.1. The van der Waals surface area contributed by atoms with Crippen molar-refractivity contribution < 1.29 is 9.59 Å². The van der Waals surface area contributed by atoms with Crippen molar-refractivity contribution in [1.29, 1.82) is 0 Å². The molecule has 0 aromatic heterocycles. The summed E-state index contributed by atoms with van der Waals surface area (Å²) in [6, 6.07) is 20.9. The maximum atomic E-state index is 12.3. The van der Waals surface area contributed by atoms with Crippen LogP contribution in [-0.2, 0) is 11.2 Å². The van der Waals surface area contributed by atoms with Crippen LogP contribution in [0.4, 0.5) is 5.69 Å². The molecular formula is C20H18N2O2. The summed E-state index contributed by atoms with van der Waals surface area (Å²) >= 11 is 0. The van der Waals surface area contributed by atoms with Gasteiger partial charge >= 0.3 is 0 Å². The third-order valence-corrected chi connectivity index (χ3v) is 3.87. The molecule has 2 amide bonds. The summed E-state index contributed by atoms with van der Waals surface area (Å²) in [4.78, 5) is 24.0. The second-order valence-corrected chi connectivity index (χ2v) is 5.52. The molecule has 2 aliphatic rings. The van der Waals surface area contributed by atoms with E-state index in [4.69, 9.17) is 0 Å². The molecule has 3 rings (SSSR count). The fourth-order valence-electron chi connectivity index (χ4n) is 2.69. The maximum Gasteiger partial charge on any atom is 0.251 e. The first-order valence-corrected chi connectivity index (χ1v) is 7.76. The SMILES string of the molecule is CNC(=O)c1cccc(NC(=O)Cc2ccc3cccccc2-3)c1. The van der Waals surface area contributed by atoms with Crippen LogP contribution in [0.15, 0.2) is 66.7 Å². The number of carbonyl (C=O) groups excluding carboxylic acids is 2. The zero-order valence-electron chi connectivity index (χ0n) is 13.4. The largest absolute Gasteiger partial charge is 0.355 e. The summed E-state index contributed by atoms with van der Waals surface area (Å²) in [7, 11) is 1.58. The first-order chi connectivity index (χ1) is 11.7. The number of hydrogen-bond acceptors (Lipinski definition) is 2. The van der Waals surface area contributed by atoms with E-state index in [1.165, 1.54) is 0 Å². The molecule has 0 atom stereocenters. The second-order valence-electron chi connectivity index (χ2n) is 5.52. The van der Waals surface area contributed by atoms with Gasteiger partial charge in [0.1, 0.15) is 0 Å². The van der Waals surface area contributed by atoms with Gasteiger partial charge in [-0.1, -0.05) is 48.5 Å². The first kappa shape index (κ1) is 15.7. The molecule has 0 bridgehead atoms. The molecule has 4 nitrogen and oxygen atoms in total. The van der Waals surface area contributed by atoms with E-state index in [1.54, 1.807) is 31.3 Å². The topological polar surface area (TPSA) is 58.2 Å². The molecule has 1 aromatic carbocycles. The molecular weight excluding hydrogens is 300 g/mol. The van der Waals surface area contributed by atoms with Gasteiger partial charge in [0.05, 0.1) is 6.42 Å². The predicted octanol–water partition coefficient (Wildman–Crippen LogP) is 3.33. The van der Waals surface area contributed by atoms with Crippen molar-refractivity contribution in [1.82, 2.24) is 5.32 Å². The van der Waals surface area contributed by atoms with Gasteiger partial charge < -0.3 is 10.6 Å². The Bertz CT molecular complexity index is 858. The van der Waals surface area contributed by atoms with Gasteiger partial charge in [-0.2, -0.15) is 0 Å². The highest BCUT2D eigenvalue weighted by molar-refractivity contribution is 5.98. The normalized spacial score (nSPS) is 10.4. The maximum absolute atomic E-state index is 12.3.